The predicted molar refractivity (Wildman–Crippen MR) is 75.2 cm³/mol. The Morgan fingerprint density at radius 1 is 1.33 bits per heavy atom. The van der Waals surface area contributed by atoms with Crippen LogP contribution in [0.15, 0.2) is 18.2 Å². The second-order valence-corrected chi connectivity index (χ2v) is 5.99. The highest BCUT2D eigenvalue weighted by Gasteiger charge is 2.18. The summed E-state index contributed by atoms with van der Waals surface area (Å²) in [6.45, 7) is 10.2. The Morgan fingerprint density at radius 3 is 2.39 bits per heavy atom. The van der Waals surface area contributed by atoms with Crippen LogP contribution < -0.4 is 4.74 Å². The fourth-order valence-corrected chi connectivity index (χ4v) is 1.88. The third-order valence-corrected chi connectivity index (χ3v) is 3.37. The molecule has 0 radical (unpaired) electrons. The fraction of sp³-hybridized carbons (Fsp3) is 0.562. The number of benzene rings is 1. The molecule has 1 aromatic rings. The molecule has 1 rings (SSSR count). The molecule has 0 N–H and O–H groups in total. The summed E-state index contributed by atoms with van der Waals surface area (Å²) in [5.41, 5.74) is 2.50. The summed E-state index contributed by atoms with van der Waals surface area (Å²) in [6.07, 6.45) is 0.739. The number of carbonyl (C=O) groups excluding carboxylic acids is 1. The van der Waals surface area contributed by atoms with Gasteiger partial charge in [-0.1, -0.05) is 39.8 Å². The van der Waals surface area contributed by atoms with Gasteiger partial charge in [0, 0.05) is 5.92 Å². The predicted octanol–water partition coefficient (Wildman–Crippen LogP) is 3.76. The Morgan fingerprint density at radius 2 is 1.94 bits per heavy atom. The lowest BCUT2D eigenvalue weighted by Gasteiger charge is -2.21. The zero-order chi connectivity index (χ0) is 13.9. The van der Waals surface area contributed by atoms with E-state index in [1.807, 2.05) is 13.0 Å². The quantitative estimate of drug-likeness (QED) is 0.811. The van der Waals surface area contributed by atoms with Gasteiger partial charge in [0.05, 0.1) is 7.11 Å². The maximum atomic E-state index is 11.4. The molecule has 2 heteroatoms. The summed E-state index contributed by atoms with van der Waals surface area (Å²) in [5, 5.41) is 0. The van der Waals surface area contributed by atoms with E-state index in [-0.39, 0.29) is 17.1 Å². The summed E-state index contributed by atoms with van der Waals surface area (Å²) < 4.78 is 5.38. The third-order valence-electron chi connectivity index (χ3n) is 3.37. The Kier molecular flexibility index (Phi) is 4.55. The summed E-state index contributed by atoms with van der Waals surface area (Å²) in [5.74, 6) is 1.13. The lowest BCUT2D eigenvalue weighted by Crippen LogP contribution is -2.14. The van der Waals surface area contributed by atoms with E-state index in [1.54, 1.807) is 14.0 Å². The molecule has 0 fully saturated rings. The Bertz CT molecular complexity index is 427. The SMILES string of the molecule is COc1ccc(C(C)(C)C)cc1CC(C)C(C)=O. The highest BCUT2D eigenvalue weighted by molar-refractivity contribution is 5.78. The van der Waals surface area contributed by atoms with Gasteiger partial charge in [-0.2, -0.15) is 0 Å². The molecule has 100 valence electrons. The van der Waals surface area contributed by atoms with E-state index in [9.17, 15) is 4.79 Å². The van der Waals surface area contributed by atoms with Gasteiger partial charge in [0.15, 0.2) is 0 Å². The molecule has 18 heavy (non-hydrogen) atoms. The minimum atomic E-state index is 0.0362. The van der Waals surface area contributed by atoms with E-state index in [0.29, 0.717) is 0 Å². The number of hydrogen-bond donors (Lipinski definition) is 0. The molecule has 0 aliphatic heterocycles. The van der Waals surface area contributed by atoms with Gasteiger partial charge in [0.1, 0.15) is 11.5 Å². The van der Waals surface area contributed by atoms with Crippen molar-refractivity contribution in [3.63, 3.8) is 0 Å². The van der Waals surface area contributed by atoms with E-state index < -0.39 is 0 Å². The average molecular weight is 248 g/mol. The number of ether oxygens (including phenoxy) is 1. The van der Waals surface area contributed by atoms with E-state index >= 15 is 0 Å². The summed E-state index contributed by atoms with van der Waals surface area (Å²) >= 11 is 0. The standard InChI is InChI=1S/C16H24O2/c1-11(12(2)17)9-13-10-14(16(3,4)5)7-8-15(13)18-6/h7-8,10-11H,9H2,1-6H3. The number of carbonyl (C=O) groups is 1. The molecule has 0 aliphatic rings. The van der Waals surface area contributed by atoms with Gasteiger partial charge in [0.2, 0.25) is 0 Å². The van der Waals surface area contributed by atoms with Crippen molar-refractivity contribution in [2.45, 2.75) is 46.5 Å². The highest BCUT2D eigenvalue weighted by atomic mass is 16.5. The van der Waals surface area contributed by atoms with E-state index in [2.05, 4.69) is 32.9 Å². The van der Waals surface area contributed by atoms with Crippen molar-refractivity contribution in [1.29, 1.82) is 0 Å². The van der Waals surface area contributed by atoms with Gasteiger partial charge in [-0.3, -0.25) is 4.79 Å². The zero-order valence-corrected chi connectivity index (χ0v) is 12.3. The number of hydrogen-bond acceptors (Lipinski definition) is 2. The minimum Gasteiger partial charge on any atom is -0.496 e. The molecule has 1 unspecified atom stereocenters. The van der Waals surface area contributed by atoms with E-state index in [0.717, 1.165) is 17.7 Å². The molecule has 0 heterocycles. The van der Waals surface area contributed by atoms with Crippen LogP contribution in [0.25, 0.3) is 0 Å². The Labute approximate surface area is 110 Å². The number of rotatable bonds is 4. The molecule has 0 saturated carbocycles. The largest absolute Gasteiger partial charge is 0.496 e. The van der Waals surface area contributed by atoms with Gasteiger partial charge < -0.3 is 4.74 Å². The average Bonchev–Trinajstić information content (AvgIpc) is 2.27. The van der Waals surface area contributed by atoms with Crippen molar-refractivity contribution >= 4 is 5.78 Å². The molecule has 0 aromatic heterocycles. The van der Waals surface area contributed by atoms with Crippen molar-refractivity contribution in [1.82, 2.24) is 0 Å². The molecule has 0 amide bonds. The van der Waals surface area contributed by atoms with Crippen molar-refractivity contribution < 1.29 is 9.53 Å². The van der Waals surface area contributed by atoms with Gasteiger partial charge in [-0.25, -0.2) is 0 Å². The first-order valence-electron chi connectivity index (χ1n) is 6.43. The van der Waals surface area contributed by atoms with Crippen LogP contribution in [0.2, 0.25) is 0 Å². The van der Waals surface area contributed by atoms with Gasteiger partial charge in [-0.05, 0) is 36.0 Å². The van der Waals surface area contributed by atoms with Crippen LogP contribution in [-0.4, -0.2) is 12.9 Å². The maximum absolute atomic E-state index is 11.4. The summed E-state index contributed by atoms with van der Waals surface area (Å²) in [4.78, 5) is 11.4. The molecular formula is C16H24O2. The fourth-order valence-electron chi connectivity index (χ4n) is 1.88. The lowest BCUT2D eigenvalue weighted by atomic mass is 9.84. The third kappa shape index (κ3) is 3.59. The molecule has 1 aromatic carbocycles. The highest BCUT2D eigenvalue weighted by Crippen LogP contribution is 2.29. The zero-order valence-electron chi connectivity index (χ0n) is 12.3. The first-order valence-corrected chi connectivity index (χ1v) is 6.43. The van der Waals surface area contributed by atoms with Crippen molar-refractivity contribution in [2.24, 2.45) is 5.92 Å². The monoisotopic (exact) mass is 248 g/mol. The number of ketones is 1. The van der Waals surface area contributed by atoms with Gasteiger partial charge >= 0.3 is 0 Å². The first kappa shape index (κ1) is 14.7. The first-order chi connectivity index (χ1) is 8.25. The van der Waals surface area contributed by atoms with Gasteiger partial charge in [0.25, 0.3) is 0 Å². The molecular weight excluding hydrogens is 224 g/mol. The molecule has 0 spiro atoms. The van der Waals surface area contributed by atoms with Crippen LogP contribution in [-0.2, 0) is 16.6 Å². The van der Waals surface area contributed by atoms with Gasteiger partial charge in [-0.15, -0.1) is 0 Å². The molecule has 0 aliphatic carbocycles. The number of Topliss-reactive ketones (excluding diaryl/α,β-unsaturated/α-hetero) is 1. The molecule has 1 atom stereocenters. The summed E-state index contributed by atoms with van der Waals surface area (Å²) in [7, 11) is 1.67. The normalized spacial score (nSPS) is 13.2. The van der Waals surface area contributed by atoms with Crippen molar-refractivity contribution in [3.8, 4) is 5.75 Å². The van der Waals surface area contributed by atoms with Crippen LogP contribution in [0.5, 0.6) is 5.75 Å². The van der Waals surface area contributed by atoms with Crippen LogP contribution in [0.4, 0.5) is 0 Å². The van der Waals surface area contributed by atoms with Crippen molar-refractivity contribution in [2.75, 3.05) is 7.11 Å². The van der Waals surface area contributed by atoms with Crippen LogP contribution in [0.3, 0.4) is 0 Å². The van der Waals surface area contributed by atoms with Crippen LogP contribution in [0.1, 0.15) is 45.7 Å². The Hall–Kier alpha value is -1.31. The summed E-state index contributed by atoms with van der Waals surface area (Å²) in [6, 6.07) is 6.27. The van der Waals surface area contributed by atoms with Crippen LogP contribution in [0, 0.1) is 5.92 Å². The van der Waals surface area contributed by atoms with E-state index in [1.165, 1.54) is 5.56 Å². The second kappa shape index (κ2) is 5.55. The molecule has 0 bridgehead atoms. The van der Waals surface area contributed by atoms with Crippen LogP contribution >= 0.6 is 0 Å². The number of methoxy groups -OCH3 is 1. The second-order valence-electron chi connectivity index (χ2n) is 5.99. The smallest absolute Gasteiger partial charge is 0.132 e. The Balaban J connectivity index is 3.10. The topological polar surface area (TPSA) is 26.3 Å². The minimum absolute atomic E-state index is 0.0362. The maximum Gasteiger partial charge on any atom is 0.132 e. The molecule has 0 saturated heterocycles. The molecule has 2 nitrogen and oxygen atoms in total. The van der Waals surface area contributed by atoms with E-state index in [4.69, 9.17) is 4.74 Å². The lowest BCUT2D eigenvalue weighted by molar-refractivity contribution is -0.120. The van der Waals surface area contributed by atoms with Crippen molar-refractivity contribution in [3.05, 3.63) is 29.3 Å².